The molecule has 0 atom stereocenters. The largest absolute Gasteiger partial charge is 0.489 e. The Labute approximate surface area is 137 Å². The summed E-state index contributed by atoms with van der Waals surface area (Å²) >= 11 is 0. The lowest BCUT2D eigenvalue weighted by atomic mass is 10.1. The molecule has 0 unspecified atom stereocenters. The maximum atomic E-state index is 5.86. The van der Waals surface area contributed by atoms with Gasteiger partial charge in [0.2, 0.25) is 0 Å². The van der Waals surface area contributed by atoms with E-state index in [1.54, 1.807) is 0 Å². The molecular formula is C21H20O2. The highest BCUT2D eigenvalue weighted by Crippen LogP contribution is 2.18. The molecule has 0 saturated heterocycles. The van der Waals surface area contributed by atoms with Gasteiger partial charge in [0.15, 0.2) is 0 Å². The second-order valence-electron chi connectivity index (χ2n) is 5.47. The number of aryl methyl sites for hydroxylation is 1. The third-order valence-corrected chi connectivity index (χ3v) is 3.66. The van der Waals surface area contributed by atoms with Gasteiger partial charge in [-0.15, -0.1) is 0 Å². The summed E-state index contributed by atoms with van der Waals surface area (Å²) in [6.45, 7) is 3.20. The fourth-order valence-electron chi connectivity index (χ4n) is 2.29. The SMILES string of the molecule is Cc1ccccc1OCc1ccc(COc2ccccc2)cc1. The molecule has 0 saturated carbocycles. The van der Waals surface area contributed by atoms with Crippen molar-refractivity contribution < 1.29 is 9.47 Å². The molecule has 2 heteroatoms. The van der Waals surface area contributed by atoms with E-state index in [1.807, 2.05) is 48.5 Å². The summed E-state index contributed by atoms with van der Waals surface area (Å²) in [6.07, 6.45) is 0. The van der Waals surface area contributed by atoms with E-state index in [1.165, 1.54) is 0 Å². The van der Waals surface area contributed by atoms with Crippen LogP contribution in [0.25, 0.3) is 0 Å². The molecule has 0 radical (unpaired) electrons. The van der Waals surface area contributed by atoms with Crippen LogP contribution in [0.15, 0.2) is 78.9 Å². The smallest absolute Gasteiger partial charge is 0.122 e. The predicted octanol–water partition coefficient (Wildman–Crippen LogP) is 5.15. The molecule has 0 aliphatic heterocycles. The second-order valence-corrected chi connectivity index (χ2v) is 5.47. The highest BCUT2D eigenvalue weighted by molar-refractivity contribution is 5.32. The minimum absolute atomic E-state index is 0.572. The van der Waals surface area contributed by atoms with Crippen molar-refractivity contribution in [1.29, 1.82) is 0 Å². The van der Waals surface area contributed by atoms with Gasteiger partial charge in [0.05, 0.1) is 0 Å². The molecule has 0 heterocycles. The van der Waals surface area contributed by atoms with E-state index >= 15 is 0 Å². The third-order valence-electron chi connectivity index (χ3n) is 3.66. The Morgan fingerprint density at radius 3 is 1.83 bits per heavy atom. The van der Waals surface area contributed by atoms with E-state index < -0.39 is 0 Å². The van der Waals surface area contributed by atoms with Crippen molar-refractivity contribution in [1.82, 2.24) is 0 Å². The molecule has 0 fully saturated rings. The number of para-hydroxylation sites is 2. The molecule has 23 heavy (non-hydrogen) atoms. The van der Waals surface area contributed by atoms with Crippen LogP contribution in [0.5, 0.6) is 11.5 Å². The quantitative estimate of drug-likeness (QED) is 0.627. The summed E-state index contributed by atoms with van der Waals surface area (Å²) in [5, 5.41) is 0. The summed E-state index contributed by atoms with van der Waals surface area (Å²) < 4.78 is 11.6. The maximum absolute atomic E-state index is 5.86. The highest BCUT2D eigenvalue weighted by Gasteiger charge is 2.00. The van der Waals surface area contributed by atoms with Crippen molar-refractivity contribution in [3.63, 3.8) is 0 Å². The molecule has 3 aromatic carbocycles. The standard InChI is InChI=1S/C21H20O2/c1-17-7-5-6-10-21(17)23-16-19-13-11-18(12-14-19)15-22-20-8-3-2-4-9-20/h2-14H,15-16H2,1H3. The van der Waals surface area contributed by atoms with E-state index in [4.69, 9.17) is 9.47 Å². The Kier molecular flexibility index (Phi) is 4.95. The topological polar surface area (TPSA) is 18.5 Å². The fourth-order valence-corrected chi connectivity index (χ4v) is 2.29. The van der Waals surface area contributed by atoms with Crippen LogP contribution in [-0.2, 0) is 13.2 Å². The molecule has 0 N–H and O–H groups in total. The van der Waals surface area contributed by atoms with Crippen molar-refractivity contribution in [3.8, 4) is 11.5 Å². The summed E-state index contributed by atoms with van der Waals surface area (Å²) in [5.41, 5.74) is 3.45. The first kappa shape index (κ1) is 15.2. The number of hydrogen-bond acceptors (Lipinski definition) is 2. The molecule has 0 aliphatic carbocycles. The normalized spacial score (nSPS) is 10.3. The molecule has 0 bridgehead atoms. The first-order chi connectivity index (χ1) is 11.3. The van der Waals surface area contributed by atoms with Crippen molar-refractivity contribution in [3.05, 3.63) is 95.6 Å². The van der Waals surface area contributed by atoms with Gasteiger partial charge in [-0.3, -0.25) is 0 Å². The van der Waals surface area contributed by atoms with E-state index in [2.05, 4.69) is 37.3 Å². The zero-order valence-corrected chi connectivity index (χ0v) is 13.2. The summed E-state index contributed by atoms with van der Waals surface area (Å²) in [7, 11) is 0. The Bertz CT molecular complexity index is 733. The minimum Gasteiger partial charge on any atom is -0.489 e. The Morgan fingerprint density at radius 1 is 0.609 bits per heavy atom. The summed E-state index contributed by atoms with van der Waals surface area (Å²) in [4.78, 5) is 0. The highest BCUT2D eigenvalue weighted by atomic mass is 16.5. The van der Waals surface area contributed by atoms with Gasteiger partial charge in [0.25, 0.3) is 0 Å². The minimum atomic E-state index is 0.572. The van der Waals surface area contributed by atoms with Crippen LogP contribution in [0.2, 0.25) is 0 Å². The molecule has 0 aliphatic rings. The van der Waals surface area contributed by atoms with Crippen LogP contribution in [0.4, 0.5) is 0 Å². The molecule has 2 nitrogen and oxygen atoms in total. The lowest BCUT2D eigenvalue weighted by molar-refractivity contribution is 0.301. The van der Waals surface area contributed by atoms with E-state index in [-0.39, 0.29) is 0 Å². The Balaban J connectivity index is 1.54. The van der Waals surface area contributed by atoms with Gasteiger partial charge in [-0.1, -0.05) is 60.7 Å². The third kappa shape index (κ3) is 4.36. The Hall–Kier alpha value is -2.74. The number of rotatable bonds is 6. The zero-order valence-electron chi connectivity index (χ0n) is 13.2. The number of hydrogen-bond donors (Lipinski definition) is 0. The first-order valence-electron chi connectivity index (χ1n) is 7.75. The van der Waals surface area contributed by atoms with Crippen LogP contribution in [-0.4, -0.2) is 0 Å². The van der Waals surface area contributed by atoms with Gasteiger partial charge in [-0.05, 0) is 41.8 Å². The fraction of sp³-hybridized carbons (Fsp3) is 0.143. The molecule has 0 spiro atoms. The predicted molar refractivity (Wildman–Crippen MR) is 92.7 cm³/mol. The molecular weight excluding hydrogens is 284 g/mol. The van der Waals surface area contributed by atoms with Gasteiger partial charge >= 0.3 is 0 Å². The average molecular weight is 304 g/mol. The van der Waals surface area contributed by atoms with Gasteiger partial charge in [-0.2, -0.15) is 0 Å². The van der Waals surface area contributed by atoms with Gasteiger partial charge in [0, 0.05) is 0 Å². The molecule has 0 amide bonds. The molecule has 0 aromatic heterocycles. The zero-order chi connectivity index (χ0) is 15.9. The van der Waals surface area contributed by atoms with Crippen LogP contribution in [0, 0.1) is 6.92 Å². The van der Waals surface area contributed by atoms with Crippen molar-refractivity contribution in [2.45, 2.75) is 20.1 Å². The lowest BCUT2D eigenvalue weighted by Gasteiger charge is -2.10. The Morgan fingerprint density at radius 2 is 1.17 bits per heavy atom. The van der Waals surface area contributed by atoms with E-state index in [9.17, 15) is 0 Å². The first-order valence-corrected chi connectivity index (χ1v) is 7.75. The molecule has 116 valence electrons. The van der Waals surface area contributed by atoms with Gasteiger partial charge in [-0.25, -0.2) is 0 Å². The van der Waals surface area contributed by atoms with E-state index in [0.717, 1.165) is 28.2 Å². The van der Waals surface area contributed by atoms with E-state index in [0.29, 0.717) is 13.2 Å². The lowest BCUT2D eigenvalue weighted by Crippen LogP contribution is -1.98. The van der Waals surface area contributed by atoms with Gasteiger partial charge in [0.1, 0.15) is 24.7 Å². The average Bonchev–Trinajstić information content (AvgIpc) is 2.61. The summed E-state index contributed by atoms with van der Waals surface area (Å²) in [5.74, 6) is 1.82. The van der Waals surface area contributed by atoms with Crippen molar-refractivity contribution in [2.24, 2.45) is 0 Å². The number of benzene rings is 3. The second kappa shape index (κ2) is 7.50. The van der Waals surface area contributed by atoms with Crippen molar-refractivity contribution in [2.75, 3.05) is 0 Å². The maximum Gasteiger partial charge on any atom is 0.122 e. The van der Waals surface area contributed by atoms with Crippen molar-refractivity contribution >= 4 is 0 Å². The van der Waals surface area contributed by atoms with Gasteiger partial charge < -0.3 is 9.47 Å². The van der Waals surface area contributed by atoms with Crippen LogP contribution >= 0.6 is 0 Å². The monoisotopic (exact) mass is 304 g/mol. The molecule has 3 aromatic rings. The molecule has 3 rings (SSSR count). The van der Waals surface area contributed by atoms with Crippen LogP contribution in [0.1, 0.15) is 16.7 Å². The summed E-state index contributed by atoms with van der Waals surface area (Å²) in [6, 6.07) is 26.3. The number of ether oxygens (including phenoxy) is 2. The van der Waals surface area contributed by atoms with Crippen LogP contribution < -0.4 is 9.47 Å². The van der Waals surface area contributed by atoms with Crippen LogP contribution in [0.3, 0.4) is 0 Å².